The molecule has 0 atom stereocenters. The number of aliphatic hydroxyl groups excluding tert-OH is 2. The predicted octanol–water partition coefficient (Wildman–Crippen LogP) is -2.81. The zero-order valence-electron chi connectivity index (χ0n) is 5.20. The van der Waals surface area contributed by atoms with Crippen molar-refractivity contribution in [3.63, 3.8) is 0 Å². The molecule has 0 aromatic rings. The van der Waals surface area contributed by atoms with Crippen LogP contribution in [0.3, 0.4) is 0 Å². The highest BCUT2D eigenvalue weighted by atomic mass is 16.5. The van der Waals surface area contributed by atoms with Gasteiger partial charge in [-0.05, 0) is 0 Å². The van der Waals surface area contributed by atoms with Crippen molar-refractivity contribution in [2.45, 2.75) is 6.29 Å². The largest absolute Gasteiger partial charge is 0.395 e. The maximum Gasteiger partial charge on any atom is 0.163 e. The number of hydrogen-bond donors (Lipinski definition) is 5. The van der Waals surface area contributed by atoms with Gasteiger partial charge in [-0.15, -0.1) is 0 Å². The van der Waals surface area contributed by atoms with Gasteiger partial charge in [0.1, 0.15) is 0 Å². The van der Waals surface area contributed by atoms with Crippen LogP contribution in [0.4, 0.5) is 0 Å². The van der Waals surface area contributed by atoms with Crippen LogP contribution in [0.15, 0.2) is 0 Å². The fourth-order valence-electron chi connectivity index (χ4n) is 0. The van der Waals surface area contributed by atoms with Crippen molar-refractivity contribution in [3.8, 4) is 0 Å². The molecule has 0 saturated carbocycles. The van der Waals surface area contributed by atoms with Crippen LogP contribution in [0, 0.1) is 0 Å². The smallest absolute Gasteiger partial charge is 0.163 e. The number of hydrogen-bond acceptors (Lipinski definition) is 5. The third kappa shape index (κ3) is 33.5. The Labute approximate surface area is 53.9 Å². The van der Waals surface area contributed by atoms with Crippen molar-refractivity contribution < 1.29 is 15.3 Å². The molecule has 0 unspecified atom stereocenters. The molecule has 5 nitrogen and oxygen atoms in total. The second kappa shape index (κ2) is 10.7. The highest BCUT2D eigenvalue weighted by Crippen LogP contribution is 1.58. The number of rotatable bonds is 2. The van der Waals surface area contributed by atoms with E-state index in [-0.39, 0.29) is 13.2 Å². The summed E-state index contributed by atoms with van der Waals surface area (Å²) >= 11 is 0. The van der Waals surface area contributed by atoms with E-state index in [9.17, 15) is 0 Å². The van der Waals surface area contributed by atoms with Gasteiger partial charge in [-0.2, -0.15) is 0 Å². The number of aliphatic hydroxyl groups is 3. The van der Waals surface area contributed by atoms with Crippen LogP contribution >= 0.6 is 0 Å². The number of nitrogens with two attached hydrogens (primary N) is 2. The van der Waals surface area contributed by atoms with E-state index in [1.54, 1.807) is 0 Å². The molecule has 0 rings (SSSR count). The molecule has 7 N–H and O–H groups in total. The Balaban J connectivity index is 0. The van der Waals surface area contributed by atoms with Gasteiger partial charge in [0.2, 0.25) is 0 Å². The average molecular weight is 138 g/mol. The van der Waals surface area contributed by atoms with E-state index in [1.807, 2.05) is 0 Å². The van der Waals surface area contributed by atoms with Gasteiger partial charge in [-0.3, -0.25) is 0 Å². The van der Waals surface area contributed by atoms with Crippen LogP contribution in [-0.2, 0) is 0 Å². The zero-order valence-corrected chi connectivity index (χ0v) is 5.20. The van der Waals surface area contributed by atoms with E-state index in [1.165, 1.54) is 0 Å². The molecular weight excluding hydrogens is 124 g/mol. The van der Waals surface area contributed by atoms with Crippen LogP contribution < -0.4 is 11.5 Å². The molecule has 0 aliphatic heterocycles. The molecule has 0 bridgehead atoms. The van der Waals surface area contributed by atoms with Crippen LogP contribution in [0.2, 0.25) is 0 Å². The molecule has 0 aromatic carbocycles. The van der Waals surface area contributed by atoms with Crippen LogP contribution in [-0.4, -0.2) is 41.3 Å². The SMILES string of the molecule is NCC(O)O.NCCO. The first-order valence-electron chi connectivity index (χ1n) is 2.56. The van der Waals surface area contributed by atoms with Crippen molar-refractivity contribution in [2.24, 2.45) is 11.5 Å². The zero-order chi connectivity index (χ0) is 7.70. The van der Waals surface area contributed by atoms with Gasteiger partial charge in [0, 0.05) is 13.1 Å². The molecule has 0 heterocycles. The quantitative estimate of drug-likeness (QED) is 0.264. The summed E-state index contributed by atoms with van der Waals surface area (Å²) in [6.45, 7) is 0.389. The summed E-state index contributed by atoms with van der Waals surface area (Å²) in [6, 6.07) is 0. The van der Waals surface area contributed by atoms with Crippen LogP contribution in [0.5, 0.6) is 0 Å². The van der Waals surface area contributed by atoms with E-state index in [4.69, 9.17) is 21.1 Å². The molecule has 9 heavy (non-hydrogen) atoms. The lowest BCUT2D eigenvalue weighted by atomic mass is 10.7. The maximum atomic E-state index is 7.79. The van der Waals surface area contributed by atoms with E-state index >= 15 is 0 Å². The first-order chi connectivity index (χ1) is 4.18. The first kappa shape index (κ1) is 11.6. The minimum Gasteiger partial charge on any atom is -0.395 e. The van der Waals surface area contributed by atoms with E-state index in [2.05, 4.69) is 5.73 Å². The second-order valence-corrected chi connectivity index (χ2v) is 1.23. The highest BCUT2D eigenvalue weighted by Gasteiger charge is 1.83. The van der Waals surface area contributed by atoms with Gasteiger partial charge in [0.25, 0.3) is 0 Å². The summed E-state index contributed by atoms with van der Waals surface area (Å²) in [5.74, 6) is 0. The molecule has 0 aromatic heterocycles. The summed E-state index contributed by atoms with van der Waals surface area (Å²) in [5, 5.41) is 23.3. The molecule has 0 aliphatic carbocycles. The molecule has 0 saturated heterocycles. The average Bonchev–Trinajstić information content (AvgIpc) is 1.89. The fraction of sp³-hybridized carbons (Fsp3) is 1.00. The van der Waals surface area contributed by atoms with E-state index in [0.29, 0.717) is 6.54 Å². The second-order valence-electron chi connectivity index (χ2n) is 1.23. The van der Waals surface area contributed by atoms with Crippen LogP contribution in [0.25, 0.3) is 0 Å². The van der Waals surface area contributed by atoms with Crippen molar-refractivity contribution in [1.82, 2.24) is 0 Å². The summed E-state index contributed by atoms with van der Waals surface area (Å²) in [5.41, 5.74) is 9.45. The molecular formula is C4H14N2O3. The van der Waals surface area contributed by atoms with Gasteiger partial charge >= 0.3 is 0 Å². The summed E-state index contributed by atoms with van der Waals surface area (Å²) in [6.07, 6.45) is -1.34. The van der Waals surface area contributed by atoms with Gasteiger partial charge < -0.3 is 26.8 Å². The molecule has 0 amide bonds. The Bertz CT molecular complexity index is 40.8. The highest BCUT2D eigenvalue weighted by molar-refractivity contribution is 4.28. The molecule has 58 valence electrons. The lowest BCUT2D eigenvalue weighted by molar-refractivity contribution is -0.0309. The third-order valence-electron chi connectivity index (χ3n) is 0.340. The Morgan fingerprint density at radius 3 is 1.44 bits per heavy atom. The van der Waals surface area contributed by atoms with Gasteiger partial charge in [-0.25, -0.2) is 0 Å². The minimum atomic E-state index is -1.34. The van der Waals surface area contributed by atoms with E-state index in [0.717, 1.165) is 0 Å². The van der Waals surface area contributed by atoms with Crippen molar-refractivity contribution >= 4 is 0 Å². The van der Waals surface area contributed by atoms with Gasteiger partial charge in [0.05, 0.1) is 6.61 Å². The molecule has 0 fully saturated rings. The lowest BCUT2D eigenvalue weighted by Crippen LogP contribution is -2.17. The predicted molar refractivity (Wildman–Crippen MR) is 33.4 cm³/mol. The third-order valence-corrected chi connectivity index (χ3v) is 0.340. The van der Waals surface area contributed by atoms with Crippen molar-refractivity contribution in [2.75, 3.05) is 19.7 Å². The topological polar surface area (TPSA) is 113 Å². The Hall–Kier alpha value is -0.200. The van der Waals surface area contributed by atoms with Crippen LogP contribution in [0.1, 0.15) is 0 Å². The fourth-order valence-corrected chi connectivity index (χ4v) is 0. The Kier molecular flexibility index (Phi) is 13.8. The van der Waals surface area contributed by atoms with Gasteiger partial charge in [0.15, 0.2) is 6.29 Å². The standard InChI is InChI=1S/C2H7NO2.C2H7NO/c3-1-2(4)5;3-1-2-4/h2,4-5H,1,3H2;4H,1-3H2. The maximum absolute atomic E-state index is 7.79. The Morgan fingerprint density at radius 1 is 1.22 bits per heavy atom. The van der Waals surface area contributed by atoms with Crippen molar-refractivity contribution in [1.29, 1.82) is 0 Å². The summed E-state index contributed by atoms with van der Waals surface area (Å²) in [7, 11) is 0. The normalized spacial score (nSPS) is 8.67. The molecule has 0 radical (unpaired) electrons. The molecule has 0 aliphatic rings. The molecule has 0 spiro atoms. The van der Waals surface area contributed by atoms with Gasteiger partial charge in [-0.1, -0.05) is 0 Å². The first-order valence-corrected chi connectivity index (χ1v) is 2.56. The summed E-state index contributed by atoms with van der Waals surface area (Å²) in [4.78, 5) is 0. The monoisotopic (exact) mass is 138 g/mol. The Morgan fingerprint density at radius 2 is 1.44 bits per heavy atom. The molecule has 5 heteroatoms. The minimum absolute atomic E-state index is 0.0833. The lowest BCUT2D eigenvalue weighted by Gasteiger charge is -1.90. The van der Waals surface area contributed by atoms with E-state index < -0.39 is 6.29 Å². The van der Waals surface area contributed by atoms with Crippen molar-refractivity contribution in [3.05, 3.63) is 0 Å². The summed E-state index contributed by atoms with van der Waals surface area (Å²) < 4.78 is 0.